The Balaban J connectivity index is 1.63. The number of aliphatic carboxylic acids is 1. The lowest BCUT2D eigenvalue weighted by molar-refractivity contribution is -0.136. The third-order valence-electron chi connectivity index (χ3n) is 5.17. The van der Waals surface area contributed by atoms with Crippen LogP contribution in [-0.4, -0.2) is 56.0 Å². The van der Waals surface area contributed by atoms with Gasteiger partial charge in [-0.2, -0.15) is 5.26 Å². The number of carbonyl (C=O) groups excluding carboxylic acids is 1. The normalized spacial score (nSPS) is 19.1. The minimum Gasteiger partial charge on any atom is -0.480 e. The van der Waals surface area contributed by atoms with Crippen LogP contribution < -0.4 is 15.1 Å². The van der Waals surface area contributed by atoms with Crippen LogP contribution in [0.2, 0.25) is 0 Å². The Hall–Kier alpha value is -3.12. The minimum atomic E-state index is -0.994. The van der Waals surface area contributed by atoms with Gasteiger partial charge < -0.3 is 20.1 Å². The molecule has 1 atom stereocenters. The van der Waals surface area contributed by atoms with Gasteiger partial charge in [0.25, 0.3) is 0 Å². The van der Waals surface area contributed by atoms with Gasteiger partial charge >= 0.3 is 12.1 Å². The molecule has 154 valence electrons. The second-order valence-corrected chi connectivity index (χ2v) is 7.10. The van der Waals surface area contributed by atoms with E-state index in [0.717, 1.165) is 24.0 Å². The summed E-state index contributed by atoms with van der Waals surface area (Å²) in [6, 6.07) is 6.82. The molecule has 9 heteroatoms. The highest BCUT2D eigenvalue weighted by atomic mass is 19.1. The molecule has 1 aromatic carbocycles. The van der Waals surface area contributed by atoms with E-state index >= 15 is 0 Å². The Bertz CT molecular complexity index is 870. The number of rotatable bonds is 6. The summed E-state index contributed by atoms with van der Waals surface area (Å²) >= 11 is 0. The Morgan fingerprint density at radius 1 is 1.41 bits per heavy atom. The van der Waals surface area contributed by atoms with Crippen LogP contribution in [0.15, 0.2) is 29.3 Å². The lowest BCUT2D eigenvalue weighted by Crippen LogP contribution is -2.34. The van der Waals surface area contributed by atoms with E-state index in [-0.39, 0.29) is 19.6 Å². The SMILES string of the molecule is CC(C#N)=C1CCN(c2ccc(N3C[C@H](CNCC(=O)O)OC3=O)cc2F)CC1. The van der Waals surface area contributed by atoms with Crippen molar-refractivity contribution in [2.24, 2.45) is 0 Å². The number of cyclic esters (lactones) is 1. The summed E-state index contributed by atoms with van der Waals surface area (Å²) in [6.07, 6.45) is 0.368. The standard InChI is InChI=1S/C20H23FN4O4/c1-13(9-22)14-4-6-24(7-5-14)18-3-2-15(8-17(18)21)25-12-16(29-20(25)28)10-23-11-19(26)27/h2-3,8,16,23H,4-7,10-12H2,1H3,(H,26,27)/t16-/m0/s1. The largest absolute Gasteiger partial charge is 0.480 e. The van der Waals surface area contributed by atoms with Crippen molar-refractivity contribution in [3.8, 4) is 6.07 Å². The van der Waals surface area contributed by atoms with Gasteiger partial charge in [-0.05, 0) is 38.0 Å². The molecular formula is C20H23FN4O4. The summed E-state index contributed by atoms with van der Waals surface area (Å²) in [7, 11) is 0. The highest BCUT2D eigenvalue weighted by Gasteiger charge is 2.32. The van der Waals surface area contributed by atoms with E-state index in [1.54, 1.807) is 19.1 Å². The average molecular weight is 402 g/mol. The van der Waals surface area contributed by atoms with E-state index in [2.05, 4.69) is 11.4 Å². The van der Waals surface area contributed by atoms with Crippen LogP contribution in [0.1, 0.15) is 19.8 Å². The van der Waals surface area contributed by atoms with Crippen molar-refractivity contribution in [3.05, 3.63) is 35.2 Å². The molecule has 2 aliphatic heterocycles. The van der Waals surface area contributed by atoms with Crippen molar-refractivity contribution >= 4 is 23.4 Å². The fourth-order valence-electron chi connectivity index (χ4n) is 3.57. The van der Waals surface area contributed by atoms with Crippen LogP contribution in [0.4, 0.5) is 20.6 Å². The first-order valence-electron chi connectivity index (χ1n) is 9.43. The van der Waals surface area contributed by atoms with Crippen molar-refractivity contribution in [3.63, 3.8) is 0 Å². The van der Waals surface area contributed by atoms with E-state index in [0.29, 0.717) is 24.5 Å². The van der Waals surface area contributed by atoms with Gasteiger partial charge in [0.05, 0.1) is 30.5 Å². The number of amides is 1. The third-order valence-corrected chi connectivity index (χ3v) is 5.17. The summed E-state index contributed by atoms with van der Waals surface area (Å²) in [4.78, 5) is 25.9. The molecule has 0 aliphatic carbocycles. The molecule has 0 saturated carbocycles. The number of carbonyl (C=O) groups is 2. The molecule has 2 heterocycles. The molecule has 0 bridgehead atoms. The number of allylic oxidation sites excluding steroid dienone is 1. The highest BCUT2D eigenvalue weighted by molar-refractivity contribution is 5.90. The number of nitrogens with zero attached hydrogens (tertiary/aromatic N) is 3. The quantitative estimate of drug-likeness (QED) is 0.703. The third kappa shape index (κ3) is 4.84. The first-order valence-corrected chi connectivity index (χ1v) is 9.43. The Kier molecular flexibility index (Phi) is 6.34. The molecule has 8 nitrogen and oxygen atoms in total. The number of carboxylic acid groups (broad SMARTS) is 1. The molecule has 0 radical (unpaired) electrons. The molecule has 0 aromatic heterocycles. The monoisotopic (exact) mass is 402 g/mol. The van der Waals surface area contributed by atoms with Gasteiger partial charge in [0.2, 0.25) is 0 Å². The number of nitrogens with one attached hydrogen (secondary N) is 1. The smallest absolute Gasteiger partial charge is 0.414 e. The van der Waals surface area contributed by atoms with Crippen LogP contribution in [0, 0.1) is 17.1 Å². The van der Waals surface area contributed by atoms with E-state index in [4.69, 9.17) is 15.1 Å². The number of hydrogen-bond acceptors (Lipinski definition) is 6. The van der Waals surface area contributed by atoms with Crippen molar-refractivity contribution in [1.29, 1.82) is 5.26 Å². The lowest BCUT2D eigenvalue weighted by atomic mass is 9.99. The van der Waals surface area contributed by atoms with Crippen LogP contribution in [0.5, 0.6) is 0 Å². The zero-order chi connectivity index (χ0) is 21.0. The van der Waals surface area contributed by atoms with Gasteiger partial charge in [0, 0.05) is 25.2 Å². The number of anilines is 2. The fourth-order valence-corrected chi connectivity index (χ4v) is 3.57. The van der Waals surface area contributed by atoms with Crippen LogP contribution >= 0.6 is 0 Å². The maximum Gasteiger partial charge on any atom is 0.414 e. The van der Waals surface area contributed by atoms with E-state index in [9.17, 15) is 14.0 Å². The van der Waals surface area contributed by atoms with Crippen molar-refractivity contribution < 1.29 is 23.8 Å². The van der Waals surface area contributed by atoms with Gasteiger partial charge in [0.1, 0.15) is 11.9 Å². The summed E-state index contributed by atoms with van der Waals surface area (Å²) in [5, 5.41) is 20.3. The van der Waals surface area contributed by atoms with Gasteiger partial charge in [-0.25, -0.2) is 9.18 Å². The first kappa shape index (κ1) is 20.6. The Morgan fingerprint density at radius 2 is 2.14 bits per heavy atom. The summed E-state index contributed by atoms with van der Waals surface area (Å²) in [6.45, 7) is 3.27. The van der Waals surface area contributed by atoms with Crippen molar-refractivity contribution in [2.45, 2.75) is 25.9 Å². The van der Waals surface area contributed by atoms with Crippen molar-refractivity contribution in [1.82, 2.24) is 5.32 Å². The predicted octanol–water partition coefficient (Wildman–Crippen LogP) is 2.27. The molecule has 0 spiro atoms. The lowest BCUT2D eigenvalue weighted by Gasteiger charge is -2.31. The van der Waals surface area contributed by atoms with Crippen LogP contribution in [0.25, 0.3) is 0 Å². The number of benzene rings is 1. The van der Waals surface area contributed by atoms with Crippen molar-refractivity contribution in [2.75, 3.05) is 42.5 Å². The van der Waals surface area contributed by atoms with Crippen LogP contribution in [-0.2, 0) is 9.53 Å². The van der Waals surface area contributed by atoms with Crippen LogP contribution in [0.3, 0.4) is 0 Å². The number of piperidine rings is 1. The minimum absolute atomic E-state index is 0.209. The molecular weight excluding hydrogens is 379 g/mol. The highest BCUT2D eigenvalue weighted by Crippen LogP contribution is 2.30. The predicted molar refractivity (Wildman–Crippen MR) is 104 cm³/mol. The van der Waals surface area contributed by atoms with E-state index < -0.39 is 24.0 Å². The Labute approximate surface area is 168 Å². The molecule has 2 fully saturated rings. The van der Waals surface area contributed by atoms with E-state index in [1.807, 2.05) is 4.90 Å². The summed E-state index contributed by atoms with van der Waals surface area (Å²) < 4.78 is 20.0. The van der Waals surface area contributed by atoms with Gasteiger partial charge in [-0.1, -0.05) is 5.57 Å². The second-order valence-electron chi connectivity index (χ2n) is 7.10. The number of halogens is 1. The fraction of sp³-hybridized carbons (Fsp3) is 0.450. The molecule has 1 amide bonds. The zero-order valence-corrected chi connectivity index (χ0v) is 16.2. The molecule has 2 aliphatic rings. The number of ether oxygens (including phenoxy) is 1. The number of hydrogen-bond donors (Lipinski definition) is 2. The van der Waals surface area contributed by atoms with Gasteiger partial charge in [0.15, 0.2) is 0 Å². The molecule has 0 unspecified atom stereocenters. The van der Waals surface area contributed by atoms with E-state index in [1.165, 1.54) is 11.0 Å². The molecule has 2 N–H and O–H groups in total. The summed E-state index contributed by atoms with van der Waals surface area (Å²) in [5.74, 6) is -1.42. The molecule has 29 heavy (non-hydrogen) atoms. The maximum absolute atomic E-state index is 14.8. The molecule has 3 rings (SSSR count). The Morgan fingerprint density at radius 3 is 2.76 bits per heavy atom. The molecule has 2 saturated heterocycles. The first-order chi connectivity index (χ1) is 13.9. The topological polar surface area (TPSA) is 106 Å². The average Bonchev–Trinajstić information content (AvgIpc) is 3.07. The van der Waals surface area contributed by atoms with Gasteiger partial charge in [-0.3, -0.25) is 9.69 Å². The number of carboxylic acids is 1. The van der Waals surface area contributed by atoms with Gasteiger partial charge in [-0.15, -0.1) is 0 Å². The number of nitriles is 1. The molecule has 1 aromatic rings. The second kappa shape index (κ2) is 8.92. The zero-order valence-electron chi connectivity index (χ0n) is 16.2. The maximum atomic E-state index is 14.8. The summed E-state index contributed by atoms with van der Waals surface area (Å²) in [5.41, 5.74) is 2.72.